The van der Waals surface area contributed by atoms with E-state index in [2.05, 4.69) is 58.2 Å². The Balaban J connectivity index is 1.93. The minimum absolute atomic E-state index is 0.00389. The second-order valence-corrected chi connectivity index (χ2v) is 7.70. The third-order valence-corrected chi connectivity index (χ3v) is 6.29. The molecular formula is C18H13Br2ClN6O. The van der Waals surface area contributed by atoms with E-state index in [0.29, 0.717) is 31.0 Å². The van der Waals surface area contributed by atoms with E-state index in [9.17, 15) is 0 Å². The first-order valence-electron chi connectivity index (χ1n) is 7.90. The van der Waals surface area contributed by atoms with E-state index in [-0.39, 0.29) is 17.9 Å². The van der Waals surface area contributed by atoms with Crippen LogP contribution in [0.1, 0.15) is 16.7 Å². The molecule has 10 heteroatoms. The van der Waals surface area contributed by atoms with Crippen molar-refractivity contribution in [2.45, 2.75) is 13.8 Å². The molecular weight excluding hydrogens is 512 g/mol. The zero-order valence-corrected chi connectivity index (χ0v) is 18.6. The normalized spacial score (nSPS) is 10.4. The molecule has 0 aliphatic heterocycles. The van der Waals surface area contributed by atoms with Gasteiger partial charge in [0.15, 0.2) is 5.75 Å². The molecule has 3 N–H and O–H groups in total. The Labute approximate surface area is 183 Å². The van der Waals surface area contributed by atoms with Crippen LogP contribution in [-0.4, -0.2) is 15.0 Å². The van der Waals surface area contributed by atoms with E-state index in [4.69, 9.17) is 27.3 Å². The predicted molar refractivity (Wildman–Crippen MR) is 115 cm³/mol. The van der Waals surface area contributed by atoms with Crippen molar-refractivity contribution in [1.29, 1.82) is 5.26 Å². The van der Waals surface area contributed by atoms with Crippen molar-refractivity contribution in [1.82, 2.24) is 15.0 Å². The van der Waals surface area contributed by atoms with Crippen LogP contribution in [0.2, 0.25) is 5.02 Å². The van der Waals surface area contributed by atoms with E-state index in [1.54, 1.807) is 24.3 Å². The van der Waals surface area contributed by atoms with Crippen molar-refractivity contribution >= 4 is 61.0 Å². The lowest BCUT2D eigenvalue weighted by Crippen LogP contribution is -2.05. The van der Waals surface area contributed by atoms with Gasteiger partial charge in [0, 0.05) is 10.7 Å². The molecule has 1 aromatic heterocycles. The molecule has 0 bridgehead atoms. The average molecular weight is 525 g/mol. The first-order valence-corrected chi connectivity index (χ1v) is 9.86. The molecule has 7 nitrogen and oxygen atoms in total. The molecule has 0 saturated heterocycles. The van der Waals surface area contributed by atoms with Gasteiger partial charge in [-0.25, -0.2) is 0 Å². The summed E-state index contributed by atoms with van der Waals surface area (Å²) in [5, 5.41) is 12.5. The number of nitrogens with two attached hydrogens (primary N) is 1. The van der Waals surface area contributed by atoms with Crippen molar-refractivity contribution in [2.75, 3.05) is 11.1 Å². The predicted octanol–water partition coefficient (Wildman–Crippen LogP) is 5.66. The van der Waals surface area contributed by atoms with Crippen LogP contribution in [0.4, 0.5) is 17.6 Å². The fraction of sp³-hybridized carbons (Fsp3) is 0.111. The third-order valence-electron chi connectivity index (χ3n) is 3.81. The Kier molecular flexibility index (Phi) is 6.03. The molecule has 142 valence electrons. The lowest BCUT2D eigenvalue weighted by Gasteiger charge is -2.15. The number of aromatic nitrogens is 3. The molecule has 0 atom stereocenters. The molecule has 0 aliphatic carbocycles. The lowest BCUT2D eigenvalue weighted by atomic mass is 10.1. The van der Waals surface area contributed by atoms with Crippen molar-refractivity contribution in [2.24, 2.45) is 0 Å². The number of hydrogen-bond donors (Lipinski definition) is 2. The van der Waals surface area contributed by atoms with E-state index >= 15 is 0 Å². The summed E-state index contributed by atoms with van der Waals surface area (Å²) in [4.78, 5) is 12.4. The highest BCUT2D eigenvalue weighted by Crippen LogP contribution is 2.44. The van der Waals surface area contributed by atoms with Crippen molar-refractivity contribution in [3.05, 3.63) is 54.9 Å². The number of anilines is 3. The number of benzene rings is 2. The molecule has 0 saturated carbocycles. The minimum Gasteiger partial charge on any atom is -0.422 e. The Hall–Kier alpha value is -2.41. The molecule has 28 heavy (non-hydrogen) atoms. The van der Waals surface area contributed by atoms with Crippen LogP contribution >= 0.6 is 43.5 Å². The number of hydrogen-bond acceptors (Lipinski definition) is 7. The molecule has 1 heterocycles. The maximum atomic E-state index is 8.88. The molecule has 0 radical (unpaired) electrons. The summed E-state index contributed by atoms with van der Waals surface area (Å²) in [6.07, 6.45) is 0. The van der Waals surface area contributed by atoms with Gasteiger partial charge in [-0.05, 0) is 81.1 Å². The molecule has 0 spiro atoms. The zero-order valence-electron chi connectivity index (χ0n) is 14.7. The number of nitrogens with one attached hydrogen (secondary N) is 1. The fourth-order valence-corrected chi connectivity index (χ4v) is 3.96. The fourth-order valence-electron chi connectivity index (χ4n) is 2.32. The summed E-state index contributed by atoms with van der Waals surface area (Å²) in [6.45, 7) is 3.75. The van der Waals surface area contributed by atoms with Crippen LogP contribution in [0.15, 0.2) is 33.2 Å². The van der Waals surface area contributed by atoms with Gasteiger partial charge in [0.1, 0.15) is 0 Å². The van der Waals surface area contributed by atoms with Gasteiger partial charge < -0.3 is 15.8 Å². The van der Waals surface area contributed by atoms with E-state index in [0.717, 1.165) is 11.1 Å². The van der Waals surface area contributed by atoms with Crippen LogP contribution in [0, 0.1) is 25.2 Å². The average Bonchev–Trinajstić information content (AvgIpc) is 2.68. The molecule has 3 aromatic rings. The lowest BCUT2D eigenvalue weighted by molar-refractivity contribution is 0.435. The van der Waals surface area contributed by atoms with Gasteiger partial charge in [0.25, 0.3) is 0 Å². The van der Waals surface area contributed by atoms with Gasteiger partial charge >= 0.3 is 6.01 Å². The number of halogens is 3. The van der Waals surface area contributed by atoms with Gasteiger partial charge in [-0.15, -0.1) is 0 Å². The maximum absolute atomic E-state index is 8.88. The molecule has 0 amide bonds. The quantitative estimate of drug-likeness (QED) is 0.453. The Morgan fingerprint density at radius 3 is 2.25 bits per heavy atom. The highest BCUT2D eigenvalue weighted by molar-refractivity contribution is 9.11. The molecule has 0 fully saturated rings. The Morgan fingerprint density at radius 1 is 1.07 bits per heavy atom. The van der Waals surface area contributed by atoms with Crippen LogP contribution in [0.25, 0.3) is 0 Å². The van der Waals surface area contributed by atoms with Crippen molar-refractivity contribution in [3.8, 4) is 17.8 Å². The van der Waals surface area contributed by atoms with Crippen molar-refractivity contribution in [3.63, 3.8) is 0 Å². The summed E-state index contributed by atoms with van der Waals surface area (Å²) in [5.74, 6) is 0.687. The van der Waals surface area contributed by atoms with E-state index < -0.39 is 0 Å². The van der Waals surface area contributed by atoms with Crippen LogP contribution < -0.4 is 15.8 Å². The van der Waals surface area contributed by atoms with E-state index in [1.807, 2.05) is 13.8 Å². The number of nitrogens with zero attached hydrogens (tertiary/aromatic N) is 4. The second-order valence-electron chi connectivity index (χ2n) is 5.74. The number of rotatable bonds is 4. The summed E-state index contributed by atoms with van der Waals surface area (Å²) < 4.78 is 7.23. The van der Waals surface area contributed by atoms with Crippen LogP contribution in [0.5, 0.6) is 11.8 Å². The maximum Gasteiger partial charge on any atom is 0.328 e. The van der Waals surface area contributed by atoms with Gasteiger partial charge in [-0.1, -0.05) is 11.6 Å². The minimum atomic E-state index is -0.00389. The molecule has 0 unspecified atom stereocenters. The molecule has 0 aliphatic rings. The van der Waals surface area contributed by atoms with Gasteiger partial charge in [0.2, 0.25) is 11.9 Å². The van der Waals surface area contributed by atoms with Crippen LogP contribution in [-0.2, 0) is 0 Å². The molecule has 2 aromatic carbocycles. The SMILES string of the molecule is Cc1c(Cl)c(C)c(Br)c(Oc2nc(N)nc(Nc3ccc(C#N)cc3)n2)c1Br. The van der Waals surface area contributed by atoms with Crippen molar-refractivity contribution < 1.29 is 4.74 Å². The first kappa shape index (κ1) is 20.3. The standard InChI is InChI=1S/C18H13Br2ClN6O/c1-8-12(19)15(13(20)9(2)14(8)21)28-18-26-16(23)25-17(27-18)24-11-5-3-10(7-22)4-6-11/h3-6H,1-2H3,(H3,23,24,25,26,27). The summed E-state index contributed by atoms with van der Waals surface area (Å²) in [5.41, 5.74) is 8.70. The highest BCUT2D eigenvalue weighted by Gasteiger charge is 2.19. The zero-order chi connectivity index (χ0) is 20.4. The largest absolute Gasteiger partial charge is 0.422 e. The topological polar surface area (TPSA) is 110 Å². The monoisotopic (exact) mass is 522 g/mol. The van der Waals surface area contributed by atoms with Gasteiger partial charge in [-0.3, -0.25) is 0 Å². The summed E-state index contributed by atoms with van der Waals surface area (Å²) in [7, 11) is 0. The summed E-state index contributed by atoms with van der Waals surface area (Å²) >= 11 is 13.3. The van der Waals surface area contributed by atoms with Gasteiger partial charge in [-0.2, -0.15) is 20.2 Å². The van der Waals surface area contributed by atoms with E-state index in [1.165, 1.54) is 0 Å². The van der Waals surface area contributed by atoms with Crippen LogP contribution in [0.3, 0.4) is 0 Å². The smallest absolute Gasteiger partial charge is 0.328 e. The number of nitriles is 1. The summed E-state index contributed by atoms with van der Waals surface area (Å²) in [6, 6.07) is 8.90. The molecule has 3 rings (SSSR count). The second kappa shape index (κ2) is 8.31. The highest BCUT2D eigenvalue weighted by atomic mass is 79.9. The third kappa shape index (κ3) is 4.19. The Bertz CT molecular complexity index is 1070. The number of ether oxygens (including phenoxy) is 1. The first-order chi connectivity index (χ1) is 13.3. The number of nitrogen functional groups attached to an aromatic ring is 1. The Morgan fingerprint density at radius 2 is 1.68 bits per heavy atom. The van der Waals surface area contributed by atoms with Gasteiger partial charge in [0.05, 0.1) is 20.6 Å².